The number of ether oxygens (including phenoxy) is 1. The summed E-state index contributed by atoms with van der Waals surface area (Å²) in [4.78, 5) is 14.0. The largest absolute Gasteiger partial charge is 0.497 e. The van der Waals surface area contributed by atoms with E-state index in [0.717, 1.165) is 30.9 Å². The summed E-state index contributed by atoms with van der Waals surface area (Å²) in [5.41, 5.74) is 2.84. The Morgan fingerprint density at radius 1 is 1.00 bits per heavy atom. The third-order valence-electron chi connectivity index (χ3n) is 5.68. The van der Waals surface area contributed by atoms with Crippen LogP contribution in [-0.4, -0.2) is 38.7 Å². The van der Waals surface area contributed by atoms with E-state index >= 15 is 0 Å². The summed E-state index contributed by atoms with van der Waals surface area (Å²) in [5, 5.41) is 0. The number of benzene rings is 2. The van der Waals surface area contributed by atoms with Gasteiger partial charge in [0.2, 0.25) is 0 Å². The third kappa shape index (κ3) is 4.75. The molecule has 140 valence electrons. The summed E-state index contributed by atoms with van der Waals surface area (Å²) >= 11 is 0. The van der Waals surface area contributed by atoms with Crippen LogP contribution in [0.4, 0.5) is 0 Å². The van der Waals surface area contributed by atoms with Crippen molar-refractivity contribution in [1.29, 1.82) is 0 Å². The quantitative estimate of drug-likeness (QED) is 0.726. The minimum atomic E-state index is -2.30. The third-order valence-corrected chi connectivity index (χ3v) is 9.93. The Morgan fingerprint density at radius 3 is 2.27 bits per heavy atom. The molecule has 2 aromatic rings. The van der Waals surface area contributed by atoms with Gasteiger partial charge in [-0.15, -0.1) is 0 Å². The maximum absolute atomic E-state index is 11.6. The van der Waals surface area contributed by atoms with E-state index in [9.17, 15) is 4.80 Å². The van der Waals surface area contributed by atoms with Gasteiger partial charge in [-0.2, -0.15) is 0 Å². The molecule has 3 rings (SSSR count). The van der Waals surface area contributed by atoms with Gasteiger partial charge in [0.05, 0.1) is 7.11 Å². The molecule has 1 atom stereocenters. The van der Waals surface area contributed by atoms with Crippen LogP contribution in [0.5, 0.6) is 5.75 Å². The normalized spacial score (nSPS) is 17.8. The zero-order valence-electron chi connectivity index (χ0n) is 16.0. The molecule has 1 N–H and O–H groups in total. The SMILES string of the molecule is COc1ccc(C(CN(C)Cc2ccccc2)[Si]2(O)CCCCC2)cc1. The lowest BCUT2D eigenvalue weighted by molar-refractivity contribution is 0.310. The molecule has 1 aliphatic rings. The number of methoxy groups -OCH3 is 1. The molecule has 3 nitrogen and oxygen atoms in total. The first-order chi connectivity index (χ1) is 12.6. The van der Waals surface area contributed by atoms with Crippen molar-refractivity contribution in [2.24, 2.45) is 0 Å². The van der Waals surface area contributed by atoms with E-state index in [1.54, 1.807) is 7.11 Å². The van der Waals surface area contributed by atoms with E-state index in [-0.39, 0.29) is 5.54 Å². The monoisotopic (exact) mass is 369 g/mol. The fourth-order valence-corrected chi connectivity index (χ4v) is 8.34. The van der Waals surface area contributed by atoms with Crippen molar-refractivity contribution in [3.05, 3.63) is 65.7 Å². The smallest absolute Gasteiger partial charge is 0.197 e. The predicted octanol–water partition coefficient (Wildman–Crippen LogP) is 4.57. The zero-order chi connectivity index (χ0) is 18.4. The summed E-state index contributed by atoms with van der Waals surface area (Å²) in [5.74, 6) is 0.877. The predicted molar refractivity (Wildman–Crippen MR) is 110 cm³/mol. The van der Waals surface area contributed by atoms with E-state index in [1.165, 1.54) is 30.4 Å². The highest BCUT2D eigenvalue weighted by Gasteiger charge is 2.42. The van der Waals surface area contributed by atoms with E-state index < -0.39 is 8.32 Å². The maximum Gasteiger partial charge on any atom is 0.197 e. The van der Waals surface area contributed by atoms with Crippen molar-refractivity contribution in [1.82, 2.24) is 4.90 Å². The fourth-order valence-electron chi connectivity index (χ4n) is 4.21. The van der Waals surface area contributed by atoms with Gasteiger partial charge in [0, 0.05) is 18.6 Å². The Hall–Kier alpha value is -1.62. The molecule has 1 fully saturated rings. The Labute approximate surface area is 158 Å². The highest BCUT2D eigenvalue weighted by Crippen LogP contribution is 2.38. The minimum Gasteiger partial charge on any atom is -0.497 e. The molecule has 0 amide bonds. The van der Waals surface area contributed by atoms with Crippen LogP contribution in [0.15, 0.2) is 54.6 Å². The van der Waals surface area contributed by atoms with E-state index in [0.29, 0.717) is 0 Å². The summed E-state index contributed by atoms with van der Waals surface area (Å²) in [6, 6.07) is 21.0. The number of hydrogen-bond acceptors (Lipinski definition) is 3. The molecule has 0 aliphatic carbocycles. The van der Waals surface area contributed by atoms with Crippen LogP contribution in [0.25, 0.3) is 0 Å². The summed E-state index contributed by atoms with van der Waals surface area (Å²) in [7, 11) is 1.57. The summed E-state index contributed by atoms with van der Waals surface area (Å²) in [6.07, 6.45) is 3.63. The molecule has 0 bridgehead atoms. The van der Waals surface area contributed by atoms with Crippen molar-refractivity contribution in [3.8, 4) is 5.75 Å². The van der Waals surface area contributed by atoms with Gasteiger partial charge in [0.1, 0.15) is 5.75 Å². The summed E-state index contributed by atoms with van der Waals surface area (Å²) < 4.78 is 5.32. The van der Waals surface area contributed by atoms with Crippen molar-refractivity contribution in [2.45, 2.75) is 43.4 Å². The van der Waals surface area contributed by atoms with Gasteiger partial charge in [-0.05, 0) is 42.4 Å². The minimum absolute atomic E-state index is 0.252. The molecule has 1 heterocycles. The standard InChI is InChI=1S/C22H31NO2Si/c1-23(17-19-9-5-3-6-10-19)18-22(26(24)15-7-4-8-16-26)20-11-13-21(25-2)14-12-20/h3,5-6,9-14,22,24H,4,7-8,15-18H2,1-2H3. The van der Waals surface area contributed by atoms with Crippen molar-refractivity contribution < 1.29 is 9.53 Å². The maximum atomic E-state index is 11.6. The molecular weight excluding hydrogens is 338 g/mol. The van der Waals surface area contributed by atoms with Crippen LogP contribution in [0.3, 0.4) is 0 Å². The molecule has 1 aliphatic heterocycles. The van der Waals surface area contributed by atoms with Crippen LogP contribution >= 0.6 is 0 Å². The van der Waals surface area contributed by atoms with Crippen molar-refractivity contribution in [2.75, 3.05) is 20.7 Å². The van der Waals surface area contributed by atoms with Gasteiger partial charge in [0.25, 0.3) is 0 Å². The lowest BCUT2D eigenvalue weighted by Crippen LogP contribution is -2.47. The van der Waals surface area contributed by atoms with Gasteiger partial charge in [-0.25, -0.2) is 0 Å². The highest BCUT2D eigenvalue weighted by molar-refractivity contribution is 6.74. The van der Waals surface area contributed by atoms with Gasteiger partial charge >= 0.3 is 0 Å². The first-order valence-corrected chi connectivity index (χ1v) is 12.1. The van der Waals surface area contributed by atoms with Crippen molar-refractivity contribution in [3.63, 3.8) is 0 Å². The number of likely N-dealkylation sites (N-methyl/N-ethyl adjacent to an activating group) is 1. The lowest BCUT2D eigenvalue weighted by Gasteiger charge is -2.39. The van der Waals surface area contributed by atoms with Crippen LogP contribution < -0.4 is 4.74 Å². The molecule has 26 heavy (non-hydrogen) atoms. The average Bonchev–Trinajstić information content (AvgIpc) is 2.67. The Kier molecular flexibility index (Phi) is 6.51. The van der Waals surface area contributed by atoms with Crippen LogP contribution in [-0.2, 0) is 6.54 Å². The molecule has 0 spiro atoms. The number of hydrogen-bond donors (Lipinski definition) is 1. The second-order valence-electron chi connectivity index (χ2n) is 7.67. The van der Waals surface area contributed by atoms with Gasteiger partial charge in [-0.1, -0.05) is 61.7 Å². The zero-order valence-corrected chi connectivity index (χ0v) is 17.0. The van der Waals surface area contributed by atoms with Crippen molar-refractivity contribution >= 4 is 8.32 Å². The molecule has 4 heteroatoms. The topological polar surface area (TPSA) is 32.7 Å². The molecule has 0 aromatic heterocycles. The molecule has 1 unspecified atom stereocenters. The second-order valence-corrected chi connectivity index (χ2v) is 11.6. The Morgan fingerprint density at radius 2 is 1.65 bits per heavy atom. The lowest BCUT2D eigenvalue weighted by atomic mass is 10.1. The fraction of sp³-hybridized carbons (Fsp3) is 0.455. The molecule has 2 aromatic carbocycles. The summed E-state index contributed by atoms with van der Waals surface area (Å²) in [6.45, 7) is 1.82. The molecule has 0 saturated carbocycles. The van der Waals surface area contributed by atoms with Gasteiger partial charge < -0.3 is 14.4 Å². The number of rotatable bonds is 7. The number of nitrogens with zero attached hydrogens (tertiary/aromatic N) is 1. The molecule has 1 saturated heterocycles. The van der Waals surface area contributed by atoms with Gasteiger partial charge in [-0.3, -0.25) is 0 Å². The van der Waals surface area contributed by atoms with Crippen LogP contribution in [0.2, 0.25) is 12.1 Å². The Bertz CT molecular complexity index is 668. The first kappa shape index (κ1) is 19.1. The molecule has 0 radical (unpaired) electrons. The van der Waals surface area contributed by atoms with Crippen LogP contribution in [0.1, 0.15) is 35.9 Å². The van der Waals surface area contributed by atoms with E-state index in [2.05, 4.69) is 54.4 Å². The van der Waals surface area contributed by atoms with Gasteiger partial charge in [0.15, 0.2) is 8.32 Å². The average molecular weight is 370 g/mol. The first-order valence-electron chi connectivity index (χ1n) is 9.69. The van der Waals surface area contributed by atoms with Crippen LogP contribution in [0, 0.1) is 0 Å². The highest BCUT2D eigenvalue weighted by atomic mass is 28.4. The van der Waals surface area contributed by atoms with E-state index in [4.69, 9.17) is 4.74 Å². The van der Waals surface area contributed by atoms with E-state index in [1.807, 2.05) is 12.1 Å². The Balaban J connectivity index is 1.79. The molecular formula is C22H31NO2Si. The second kappa shape index (κ2) is 8.85.